The van der Waals surface area contributed by atoms with Gasteiger partial charge in [0.2, 0.25) is 5.91 Å². The third-order valence-corrected chi connectivity index (χ3v) is 6.18. The van der Waals surface area contributed by atoms with Crippen LogP contribution in [-0.2, 0) is 11.3 Å². The maximum absolute atomic E-state index is 13.0. The lowest BCUT2D eigenvalue weighted by Gasteiger charge is -2.31. The number of fused-ring (bicyclic) bond motifs is 1. The van der Waals surface area contributed by atoms with Crippen LogP contribution in [0, 0.1) is 0 Å². The molecule has 1 atom stereocenters. The topological polar surface area (TPSA) is 67.5 Å². The molecule has 158 valence electrons. The van der Waals surface area contributed by atoms with Crippen LogP contribution in [0.2, 0.25) is 0 Å². The molecule has 1 aliphatic carbocycles. The zero-order chi connectivity index (χ0) is 21.1. The average Bonchev–Trinajstić information content (AvgIpc) is 3.10. The summed E-state index contributed by atoms with van der Waals surface area (Å²) in [6.45, 7) is 2.50. The van der Waals surface area contributed by atoms with Crippen LogP contribution in [0.1, 0.15) is 50.6 Å². The van der Waals surface area contributed by atoms with Crippen LogP contribution >= 0.6 is 0 Å². The second kappa shape index (κ2) is 8.88. The van der Waals surface area contributed by atoms with Gasteiger partial charge in [0, 0.05) is 18.3 Å². The van der Waals surface area contributed by atoms with Crippen molar-refractivity contribution < 1.29 is 9.21 Å². The average molecular weight is 408 g/mol. The molecule has 30 heavy (non-hydrogen) atoms. The van der Waals surface area contributed by atoms with E-state index in [1.54, 1.807) is 25.1 Å². The molecule has 1 unspecified atom stereocenters. The molecule has 0 bridgehead atoms. The number of nitrogens with one attached hydrogen (secondary N) is 1. The van der Waals surface area contributed by atoms with Crippen LogP contribution in [0.15, 0.2) is 57.7 Å². The van der Waals surface area contributed by atoms with E-state index in [9.17, 15) is 9.59 Å². The molecule has 0 aliphatic heterocycles. The molecule has 1 saturated carbocycles. The predicted molar refractivity (Wildman–Crippen MR) is 119 cm³/mol. The van der Waals surface area contributed by atoms with Crippen LogP contribution in [0.3, 0.4) is 0 Å². The van der Waals surface area contributed by atoms with E-state index < -0.39 is 11.8 Å². The number of hydrogen-bond acceptors (Lipinski definition) is 4. The van der Waals surface area contributed by atoms with Gasteiger partial charge in [0.1, 0.15) is 6.04 Å². The second-order valence-electron chi connectivity index (χ2n) is 8.24. The minimum atomic E-state index is -0.690. The standard InChI is InChI=1S/C24H29N3O3/c1-17(27-21-14-8-9-15-22(21)30-24(27)29)23(28)25-20-13-7-6-10-18(20)16-26(2)19-11-4-3-5-12-19/h6-10,13-15,17,19H,3-5,11-12,16H2,1-2H3,(H,25,28). The van der Waals surface area contributed by atoms with Crippen LogP contribution in [-0.4, -0.2) is 28.5 Å². The molecule has 1 N–H and O–H groups in total. The molecule has 0 spiro atoms. The Kier molecular flexibility index (Phi) is 6.04. The smallest absolute Gasteiger partial charge is 0.408 e. The predicted octanol–water partition coefficient (Wildman–Crippen LogP) is 4.56. The fourth-order valence-corrected chi connectivity index (χ4v) is 4.40. The first-order chi connectivity index (χ1) is 14.5. The number of aromatic nitrogens is 1. The normalized spacial score (nSPS) is 16.1. The summed E-state index contributed by atoms with van der Waals surface area (Å²) in [5, 5.41) is 3.03. The number of oxazole rings is 1. The second-order valence-corrected chi connectivity index (χ2v) is 8.24. The summed E-state index contributed by atoms with van der Waals surface area (Å²) in [4.78, 5) is 27.7. The summed E-state index contributed by atoms with van der Waals surface area (Å²) in [5.74, 6) is -0.763. The quantitative estimate of drug-likeness (QED) is 0.650. The first kappa shape index (κ1) is 20.4. The Hall–Kier alpha value is -2.86. The van der Waals surface area contributed by atoms with Gasteiger partial charge < -0.3 is 9.73 Å². The van der Waals surface area contributed by atoms with Crippen LogP contribution in [0.4, 0.5) is 5.69 Å². The number of nitrogens with zero attached hydrogens (tertiary/aromatic N) is 2. The lowest BCUT2D eigenvalue weighted by molar-refractivity contribution is -0.118. The van der Waals surface area contributed by atoms with Gasteiger partial charge in [-0.3, -0.25) is 14.3 Å². The van der Waals surface area contributed by atoms with E-state index in [4.69, 9.17) is 4.42 Å². The monoisotopic (exact) mass is 407 g/mol. The molecule has 2 aromatic carbocycles. The van der Waals surface area contributed by atoms with Gasteiger partial charge in [-0.05, 0) is 50.6 Å². The van der Waals surface area contributed by atoms with Gasteiger partial charge in [0.25, 0.3) is 0 Å². The van der Waals surface area contributed by atoms with E-state index >= 15 is 0 Å². The third-order valence-electron chi connectivity index (χ3n) is 6.18. The number of hydrogen-bond donors (Lipinski definition) is 1. The van der Waals surface area contributed by atoms with Crippen molar-refractivity contribution >= 4 is 22.7 Å². The van der Waals surface area contributed by atoms with Gasteiger partial charge in [-0.25, -0.2) is 4.79 Å². The van der Waals surface area contributed by atoms with Crippen molar-refractivity contribution in [1.29, 1.82) is 0 Å². The highest BCUT2D eigenvalue weighted by Gasteiger charge is 2.23. The van der Waals surface area contributed by atoms with Crippen LogP contribution in [0.25, 0.3) is 11.1 Å². The van der Waals surface area contributed by atoms with Crippen molar-refractivity contribution in [2.45, 2.75) is 57.7 Å². The van der Waals surface area contributed by atoms with Crippen molar-refractivity contribution in [2.75, 3.05) is 12.4 Å². The highest BCUT2D eigenvalue weighted by molar-refractivity contribution is 5.95. The maximum atomic E-state index is 13.0. The number of amides is 1. The molecule has 0 saturated heterocycles. The number of carbonyl (C=O) groups excluding carboxylic acids is 1. The van der Waals surface area contributed by atoms with Crippen molar-refractivity contribution in [3.8, 4) is 0 Å². The molecule has 1 amide bonds. The van der Waals surface area contributed by atoms with Crippen molar-refractivity contribution in [2.24, 2.45) is 0 Å². The first-order valence-corrected chi connectivity index (χ1v) is 10.7. The summed E-state index contributed by atoms with van der Waals surface area (Å²) in [6.07, 6.45) is 6.38. The zero-order valence-electron chi connectivity index (χ0n) is 17.6. The molecule has 1 heterocycles. The largest absolute Gasteiger partial charge is 0.420 e. The van der Waals surface area contributed by atoms with Crippen LogP contribution in [0.5, 0.6) is 0 Å². The Balaban J connectivity index is 1.52. The van der Waals surface area contributed by atoms with Gasteiger partial charge in [-0.1, -0.05) is 49.6 Å². The summed E-state index contributed by atoms with van der Waals surface area (Å²) in [7, 11) is 2.16. The molecule has 0 radical (unpaired) electrons. The minimum absolute atomic E-state index is 0.239. The summed E-state index contributed by atoms with van der Waals surface area (Å²) in [6, 6.07) is 15.0. The Morgan fingerprint density at radius 2 is 1.83 bits per heavy atom. The molecule has 3 aromatic rings. The van der Waals surface area contributed by atoms with E-state index in [0.717, 1.165) is 17.8 Å². The van der Waals surface area contributed by atoms with Gasteiger partial charge in [0.15, 0.2) is 5.58 Å². The molecule has 1 fully saturated rings. The Labute approximate surface area is 176 Å². The Bertz CT molecular complexity index is 1080. The molecular weight excluding hydrogens is 378 g/mol. The lowest BCUT2D eigenvalue weighted by atomic mass is 9.94. The molecule has 4 rings (SSSR count). The van der Waals surface area contributed by atoms with Gasteiger partial charge in [-0.2, -0.15) is 0 Å². The highest BCUT2D eigenvalue weighted by Crippen LogP contribution is 2.25. The molecule has 6 heteroatoms. The van der Waals surface area contributed by atoms with Crippen LogP contribution < -0.4 is 11.1 Å². The number of benzene rings is 2. The van der Waals surface area contributed by atoms with Gasteiger partial charge >= 0.3 is 5.76 Å². The fraction of sp³-hybridized carbons (Fsp3) is 0.417. The van der Waals surface area contributed by atoms with Gasteiger partial charge in [0.05, 0.1) is 5.52 Å². The Morgan fingerprint density at radius 3 is 2.63 bits per heavy atom. The van der Waals surface area contributed by atoms with Crippen molar-refractivity contribution in [3.05, 3.63) is 64.6 Å². The molecular formula is C24H29N3O3. The SMILES string of the molecule is CC(C(=O)Nc1ccccc1CN(C)C1CCCCC1)n1c(=O)oc2ccccc21. The van der Waals surface area contributed by atoms with E-state index in [1.165, 1.54) is 36.7 Å². The minimum Gasteiger partial charge on any atom is -0.408 e. The molecule has 1 aromatic heterocycles. The highest BCUT2D eigenvalue weighted by atomic mass is 16.4. The van der Waals surface area contributed by atoms with E-state index in [2.05, 4.69) is 23.3 Å². The number of carbonyl (C=O) groups is 1. The number of anilines is 1. The summed E-state index contributed by atoms with van der Waals surface area (Å²) in [5.41, 5.74) is 2.97. The van der Waals surface area contributed by atoms with Crippen molar-refractivity contribution in [1.82, 2.24) is 9.47 Å². The fourth-order valence-electron chi connectivity index (χ4n) is 4.40. The lowest BCUT2D eigenvalue weighted by Crippen LogP contribution is -2.33. The summed E-state index contributed by atoms with van der Waals surface area (Å²) >= 11 is 0. The van der Waals surface area contributed by atoms with Gasteiger partial charge in [-0.15, -0.1) is 0 Å². The number of para-hydroxylation sites is 3. The maximum Gasteiger partial charge on any atom is 0.420 e. The Morgan fingerprint density at radius 1 is 1.13 bits per heavy atom. The van der Waals surface area contributed by atoms with E-state index in [0.29, 0.717) is 17.1 Å². The first-order valence-electron chi connectivity index (χ1n) is 10.7. The van der Waals surface area contributed by atoms with E-state index in [-0.39, 0.29) is 5.91 Å². The summed E-state index contributed by atoms with van der Waals surface area (Å²) < 4.78 is 6.69. The molecule has 6 nitrogen and oxygen atoms in total. The van der Waals surface area contributed by atoms with E-state index in [1.807, 2.05) is 24.3 Å². The van der Waals surface area contributed by atoms with Crippen molar-refractivity contribution in [3.63, 3.8) is 0 Å². The molecule has 1 aliphatic rings. The zero-order valence-corrected chi connectivity index (χ0v) is 17.6. The third kappa shape index (κ3) is 4.19. The number of rotatable bonds is 6.